The largest absolute Gasteiger partial charge is 0.382 e. The number of nitro groups is 1. The van der Waals surface area contributed by atoms with Crippen molar-refractivity contribution in [1.82, 2.24) is 0 Å². The Balaban J connectivity index is 2.79. The fraction of sp³-hybridized carbons (Fsp3) is 0.500. The van der Waals surface area contributed by atoms with Crippen LogP contribution in [0.1, 0.15) is 33.1 Å². The lowest BCUT2D eigenvalue weighted by Gasteiger charge is -2.17. The van der Waals surface area contributed by atoms with Crippen LogP contribution in [0.25, 0.3) is 0 Å². The molecule has 0 fully saturated rings. The van der Waals surface area contributed by atoms with Crippen molar-refractivity contribution in [3.8, 4) is 0 Å². The van der Waals surface area contributed by atoms with Gasteiger partial charge in [-0.15, -0.1) is 0 Å². The summed E-state index contributed by atoms with van der Waals surface area (Å²) in [5.74, 6) is 0. The number of hydrogen-bond donors (Lipinski definition) is 1. The van der Waals surface area contributed by atoms with E-state index in [4.69, 9.17) is 0 Å². The second kappa shape index (κ2) is 6.59. The lowest BCUT2D eigenvalue weighted by atomic mass is 10.1. The van der Waals surface area contributed by atoms with E-state index in [2.05, 4.69) is 35.1 Å². The van der Waals surface area contributed by atoms with Gasteiger partial charge in [-0.05, 0) is 40.9 Å². The summed E-state index contributed by atoms with van der Waals surface area (Å²) >= 11 is 3.22. The Kier molecular flexibility index (Phi) is 5.41. The smallest absolute Gasteiger partial charge is 0.283 e. The molecule has 0 spiro atoms. The zero-order chi connectivity index (χ0) is 12.8. The van der Waals surface area contributed by atoms with Gasteiger partial charge < -0.3 is 5.32 Å². The minimum atomic E-state index is -0.392. The monoisotopic (exact) mass is 300 g/mol. The molecule has 0 radical (unpaired) electrons. The molecule has 0 bridgehead atoms. The Morgan fingerprint density at radius 2 is 2.18 bits per heavy atom. The Bertz CT molecular complexity index is 396. The minimum absolute atomic E-state index is 0.0964. The third kappa shape index (κ3) is 4.00. The van der Waals surface area contributed by atoms with E-state index in [0.717, 1.165) is 24.9 Å². The van der Waals surface area contributed by atoms with E-state index in [1.807, 2.05) is 0 Å². The first-order valence-electron chi connectivity index (χ1n) is 5.79. The van der Waals surface area contributed by atoms with Crippen molar-refractivity contribution in [3.63, 3.8) is 0 Å². The molecule has 4 nitrogen and oxygen atoms in total. The van der Waals surface area contributed by atoms with Gasteiger partial charge in [-0.25, -0.2) is 0 Å². The molecule has 94 valence electrons. The molecule has 0 aliphatic rings. The molecule has 1 N–H and O–H groups in total. The molecule has 1 aromatic rings. The summed E-state index contributed by atoms with van der Waals surface area (Å²) in [6.07, 6.45) is 3.27. The van der Waals surface area contributed by atoms with Crippen LogP contribution in [-0.4, -0.2) is 11.0 Å². The summed E-state index contributed by atoms with van der Waals surface area (Å²) in [6.45, 7) is 4.28. The van der Waals surface area contributed by atoms with E-state index in [1.165, 1.54) is 6.07 Å². The van der Waals surface area contributed by atoms with E-state index in [9.17, 15) is 10.1 Å². The van der Waals surface area contributed by atoms with Gasteiger partial charge in [0.15, 0.2) is 0 Å². The van der Waals surface area contributed by atoms with E-state index in [-0.39, 0.29) is 5.69 Å². The summed E-state index contributed by atoms with van der Waals surface area (Å²) in [4.78, 5) is 10.3. The van der Waals surface area contributed by atoms with Gasteiger partial charge in [-0.2, -0.15) is 0 Å². The average Bonchev–Trinajstić information content (AvgIpc) is 2.28. The molecule has 0 aliphatic heterocycles. The molecule has 5 heteroatoms. The maximum absolute atomic E-state index is 10.7. The second-order valence-corrected chi connectivity index (χ2v) is 4.82. The number of nitrogens with zero attached hydrogens (tertiary/aromatic N) is 1. The molecule has 1 aromatic carbocycles. The fourth-order valence-electron chi connectivity index (χ4n) is 1.71. The summed E-state index contributed by atoms with van der Waals surface area (Å²) in [5, 5.41) is 14.1. The molecule has 0 heterocycles. The van der Waals surface area contributed by atoms with Crippen LogP contribution in [0.5, 0.6) is 0 Å². The van der Waals surface area contributed by atoms with E-state index < -0.39 is 4.92 Å². The fourth-order valence-corrected chi connectivity index (χ4v) is 2.23. The van der Waals surface area contributed by atoms with Gasteiger partial charge in [0, 0.05) is 17.8 Å². The van der Waals surface area contributed by atoms with Gasteiger partial charge in [0.2, 0.25) is 0 Å². The van der Waals surface area contributed by atoms with Gasteiger partial charge in [0.25, 0.3) is 5.69 Å². The molecule has 17 heavy (non-hydrogen) atoms. The van der Waals surface area contributed by atoms with Crippen molar-refractivity contribution in [2.45, 2.75) is 39.2 Å². The molecular formula is C12H17BrN2O2. The zero-order valence-corrected chi connectivity index (χ0v) is 11.7. The van der Waals surface area contributed by atoms with E-state index in [0.29, 0.717) is 10.5 Å². The number of nitro benzene ring substituents is 1. The molecule has 0 saturated carbocycles. The predicted octanol–water partition coefficient (Wildman–Crippen LogP) is 4.35. The molecule has 1 atom stereocenters. The van der Waals surface area contributed by atoms with Gasteiger partial charge in [-0.3, -0.25) is 10.1 Å². The standard InChI is InChI=1S/C12H17BrN2O2/c1-3-5-9(4-2)14-10-6-7-12(15(16)17)11(13)8-10/h6-9,14H,3-5H2,1-2H3. The van der Waals surface area contributed by atoms with Crippen LogP contribution in [0, 0.1) is 10.1 Å². The average molecular weight is 301 g/mol. The summed E-state index contributed by atoms with van der Waals surface area (Å²) in [5.41, 5.74) is 1.02. The number of rotatable bonds is 6. The van der Waals surface area contributed by atoms with Gasteiger partial charge in [-0.1, -0.05) is 20.3 Å². The van der Waals surface area contributed by atoms with Crippen molar-refractivity contribution in [3.05, 3.63) is 32.8 Å². The van der Waals surface area contributed by atoms with Crippen molar-refractivity contribution in [1.29, 1.82) is 0 Å². The predicted molar refractivity (Wildman–Crippen MR) is 73.4 cm³/mol. The Hall–Kier alpha value is -1.10. The normalized spacial score (nSPS) is 12.2. The van der Waals surface area contributed by atoms with Crippen LogP contribution in [0.4, 0.5) is 11.4 Å². The van der Waals surface area contributed by atoms with Crippen LogP contribution >= 0.6 is 15.9 Å². The number of benzene rings is 1. The Morgan fingerprint density at radius 1 is 1.47 bits per heavy atom. The number of hydrogen-bond acceptors (Lipinski definition) is 3. The highest BCUT2D eigenvalue weighted by molar-refractivity contribution is 9.10. The third-order valence-electron chi connectivity index (χ3n) is 2.65. The molecule has 0 amide bonds. The molecule has 1 rings (SSSR count). The van der Waals surface area contributed by atoms with Gasteiger partial charge in [0.05, 0.1) is 9.40 Å². The number of halogens is 1. The first-order chi connectivity index (χ1) is 8.08. The van der Waals surface area contributed by atoms with Crippen molar-refractivity contribution < 1.29 is 4.92 Å². The van der Waals surface area contributed by atoms with Crippen molar-refractivity contribution in [2.24, 2.45) is 0 Å². The highest BCUT2D eigenvalue weighted by atomic mass is 79.9. The molecule has 1 unspecified atom stereocenters. The zero-order valence-electron chi connectivity index (χ0n) is 10.1. The second-order valence-electron chi connectivity index (χ2n) is 3.96. The van der Waals surface area contributed by atoms with Crippen molar-refractivity contribution in [2.75, 3.05) is 5.32 Å². The van der Waals surface area contributed by atoms with Crippen LogP contribution in [0.2, 0.25) is 0 Å². The SMILES string of the molecule is CCCC(CC)Nc1ccc([N+](=O)[O-])c(Br)c1. The lowest BCUT2D eigenvalue weighted by Crippen LogP contribution is -2.17. The van der Waals surface area contributed by atoms with Crippen LogP contribution in [0.15, 0.2) is 22.7 Å². The Morgan fingerprint density at radius 3 is 2.65 bits per heavy atom. The summed E-state index contributed by atoms with van der Waals surface area (Å²) < 4.78 is 0.513. The third-order valence-corrected chi connectivity index (χ3v) is 3.28. The summed E-state index contributed by atoms with van der Waals surface area (Å²) in [6, 6.07) is 5.45. The van der Waals surface area contributed by atoms with E-state index >= 15 is 0 Å². The number of nitrogens with one attached hydrogen (secondary N) is 1. The minimum Gasteiger partial charge on any atom is -0.382 e. The van der Waals surface area contributed by atoms with Crippen LogP contribution < -0.4 is 5.32 Å². The molecule has 0 aliphatic carbocycles. The highest BCUT2D eigenvalue weighted by Crippen LogP contribution is 2.28. The highest BCUT2D eigenvalue weighted by Gasteiger charge is 2.12. The van der Waals surface area contributed by atoms with Gasteiger partial charge in [0.1, 0.15) is 0 Å². The van der Waals surface area contributed by atoms with Crippen molar-refractivity contribution >= 4 is 27.3 Å². The van der Waals surface area contributed by atoms with Crippen LogP contribution in [-0.2, 0) is 0 Å². The lowest BCUT2D eigenvalue weighted by molar-refractivity contribution is -0.385. The quantitative estimate of drug-likeness (QED) is 0.628. The topological polar surface area (TPSA) is 55.2 Å². The molecule has 0 aromatic heterocycles. The Labute approximate surface area is 110 Å². The molecule has 0 saturated heterocycles. The maximum atomic E-state index is 10.7. The van der Waals surface area contributed by atoms with Crippen LogP contribution in [0.3, 0.4) is 0 Å². The number of anilines is 1. The first-order valence-corrected chi connectivity index (χ1v) is 6.58. The summed E-state index contributed by atoms with van der Waals surface area (Å²) in [7, 11) is 0. The maximum Gasteiger partial charge on any atom is 0.283 e. The first kappa shape index (κ1) is 14.0. The van der Waals surface area contributed by atoms with E-state index in [1.54, 1.807) is 12.1 Å². The molecular weight excluding hydrogens is 284 g/mol. The van der Waals surface area contributed by atoms with Gasteiger partial charge >= 0.3 is 0 Å².